The fraction of sp³-hybridized carbons (Fsp3) is 0.124. The lowest BCUT2D eigenvalue weighted by atomic mass is 9.29. The number of para-hydroxylation sites is 4. The molecular formula is C89H73B2N3. The molecule has 4 heterocycles. The summed E-state index contributed by atoms with van der Waals surface area (Å²) in [6, 6.07) is 91.6. The molecule has 0 aliphatic carbocycles. The van der Waals surface area contributed by atoms with E-state index in [2.05, 4.69) is 333 Å². The van der Waals surface area contributed by atoms with Crippen molar-refractivity contribution in [3.05, 3.63) is 304 Å². The van der Waals surface area contributed by atoms with Crippen molar-refractivity contribution in [1.82, 2.24) is 9.13 Å². The number of benzene rings is 13. The zero-order valence-corrected chi connectivity index (χ0v) is 55.6. The van der Waals surface area contributed by atoms with Gasteiger partial charge in [0, 0.05) is 50.0 Å². The lowest BCUT2D eigenvalue weighted by Gasteiger charge is -2.45. The first-order chi connectivity index (χ1) is 45.7. The highest BCUT2D eigenvalue weighted by Crippen LogP contribution is 2.43. The van der Waals surface area contributed by atoms with E-state index >= 15 is 0 Å². The first-order valence-electron chi connectivity index (χ1n) is 33.5. The topological polar surface area (TPSA) is 13.1 Å². The number of fused-ring (bicyclic) bond motifs is 10. The summed E-state index contributed by atoms with van der Waals surface area (Å²) in [6.45, 7) is 25.9. The molecule has 0 radical (unpaired) electrons. The van der Waals surface area contributed by atoms with E-state index in [-0.39, 0.29) is 13.4 Å². The quantitative estimate of drug-likeness (QED) is 0.138. The van der Waals surface area contributed by atoms with Gasteiger partial charge < -0.3 is 14.0 Å². The Morgan fingerprint density at radius 1 is 0.234 bits per heavy atom. The second-order valence-corrected chi connectivity index (χ2v) is 27.1. The van der Waals surface area contributed by atoms with E-state index in [0.717, 1.165) is 0 Å². The summed E-state index contributed by atoms with van der Waals surface area (Å²) in [5.74, 6) is 0. The Kier molecular flexibility index (Phi) is 13.3. The SMILES string of the molecule is Cc1cc2c3c(c1)B(c1c(C)c(C)c(C)c(C)c1C)c1cc(-c4ccc(-c5ccc6c(c5)c5ccccc5n6-c5ccccc5)cc4)ccc1N3c1ccc(-c3ccc(-c4ccc5c(c4)c4ccccc4n5-c4ccccc4)cc3)cc1B2c1c(C)c(C)c(C)c(C)c1C. The summed E-state index contributed by atoms with van der Waals surface area (Å²) in [5.41, 5.74) is 44.1. The van der Waals surface area contributed by atoms with E-state index in [1.165, 1.54) is 211 Å². The molecule has 17 rings (SSSR count). The van der Waals surface area contributed by atoms with Gasteiger partial charge in [-0.15, -0.1) is 0 Å². The zero-order valence-electron chi connectivity index (χ0n) is 55.6. The number of hydrogen-bond donors (Lipinski definition) is 0. The average molecular weight is 1210 g/mol. The van der Waals surface area contributed by atoms with Crippen LogP contribution in [0, 0.1) is 76.2 Å². The second-order valence-electron chi connectivity index (χ2n) is 27.1. The minimum Gasteiger partial charge on any atom is -0.313 e. The summed E-state index contributed by atoms with van der Waals surface area (Å²) in [4.78, 5) is 2.68. The van der Waals surface area contributed by atoms with Gasteiger partial charge >= 0.3 is 0 Å². The van der Waals surface area contributed by atoms with Crippen molar-refractivity contribution in [1.29, 1.82) is 0 Å². The highest BCUT2D eigenvalue weighted by Gasteiger charge is 2.46. The molecule has 2 aromatic heterocycles. The lowest BCUT2D eigenvalue weighted by molar-refractivity contribution is 1.18. The van der Waals surface area contributed by atoms with Gasteiger partial charge in [-0.25, -0.2) is 0 Å². The molecule has 0 saturated carbocycles. The first kappa shape index (κ1) is 57.3. The molecule has 5 heteroatoms. The Bertz CT molecular complexity index is 5270. The van der Waals surface area contributed by atoms with E-state index in [0.29, 0.717) is 0 Å². The van der Waals surface area contributed by atoms with Crippen LogP contribution in [-0.4, -0.2) is 22.6 Å². The van der Waals surface area contributed by atoms with Crippen molar-refractivity contribution in [2.24, 2.45) is 0 Å². The van der Waals surface area contributed by atoms with Crippen LogP contribution in [0.4, 0.5) is 17.1 Å². The van der Waals surface area contributed by atoms with Gasteiger partial charge in [-0.05, 0) is 249 Å². The highest BCUT2D eigenvalue weighted by molar-refractivity contribution is 7.02. The molecule has 15 aromatic rings. The fourth-order valence-corrected chi connectivity index (χ4v) is 16.8. The van der Waals surface area contributed by atoms with Crippen LogP contribution in [0.15, 0.2) is 243 Å². The van der Waals surface area contributed by atoms with E-state index in [4.69, 9.17) is 0 Å². The summed E-state index contributed by atoms with van der Waals surface area (Å²) >= 11 is 0. The van der Waals surface area contributed by atoms with Gasteiger partial charge in [0.2, 0.25) is 13.4 Å². The van der Waals surface area contributed by atoms with Gasteiger partial charge in [-0.3, -0.25) is 0 Å². The van der Waals surface area contributed by atoms with Crippen molar-refractivity contribution in [3.8, 4) is 55.9 Å². The monoisotopic (exact) mass is 1210 g/mol. The molecule has 0 fully saturated rings. The predicted octanol–water partition coefficient (Wildman–Crippen LogP) is 19.1. The molecule has 450 valence electrons. The number of anilines is 3. The molecular weight excluding hydrogens is 1130 g/mol. The van der Waals surface area contributed by atoms with E-state index in [1.807, 2.05) is 0 Å². The van der Waals surface area contributed by atoms with Crippen molar-refractivity contribution in [2.75, 3.05) is 4.90 Å². The summed E-state index contributed by atoms with van der Waals surface area (Å²) < 4.78 is 4.79. The highest BCUT2D eigenvalue weighted by atomic mass is 15.2. The Labute approximate surface area is 553 Å². The van der Waals surface area contributed by atoms with E-state index in [1.54, 1.807) is 0 Å². The van der Waals surface area contributed by atoms with Gasteiger partial charge in [0.25, 0.3) is 0 Å². The summed E-state index contributed by atoms with van der Waals surface area (Å²) in [7, 11) is 0. The number of rotatable bonds is 8. The van der Waals surface area contributed by atoms with Gasteiger partial charge in [0.1, 0.15) is 0 Å². The third-order valence-electron chi connectivity index (χ3n) is 22.5. The molecule has 0 N–H and O–H groups in total. The minimum atomic E-state index is -0.0197. The fourth-order valence-electron chi connectivity index (χ4n) is 16.8. The zero-order chi connectivity index (χ0) is 64.1. The Morgan fingerprint density at radius 2 is 0.532 bits per heavy atom. The normalized spacial score (nSPS) is 12.6. The van der Waals surface area contributed by atoms with Gasteiger partial charge in [0.15, 0.2) is 0 Å². The lowest BCUT2D eigenvalue weighted by Crippen LogP contribution is -2.66. The molecule has 94 heavy (non-hydrogen) atoms. The largest absolute Gasteiger partial charge is 0.313 e. The van der Waals surface area contributed by atoms with Gasteiger partial charge in [0.05, 0.1) is 22.1 Å². The smallest absolute Gasteiger partial charge is 0.247 e. The van der Waals surface area contributed by atoms with Gasteiger partial charge in [-0.1, -0.05) is 209 Å². The third-order valence-corrected chi connectivity index (χ3v) is 22.5. The first-order valence-corrected chi connectivity index (χ1v) is 33.5. The molecule has 0 unspecified atom stereocenters. The molecule has 13 aromatic carbocycles. The minimum absolute atomic E-state index is 0.0197. The average Bonchev–Trinajstić information content (AvgIpc) is 1.28. The molecule has 3 nitrogen and oxygen atoms in total. The maximum atomic E-state index is 2.68. The number of aryl methyl sites for hydroxylation is 1. The number of hydrogen-bond acceptors (Lipinski definition) is 1. The van der Waals surface area contributed by atoms with Crippen LogP contribution in [0.1, 0.15) is 61.2 Å². The summed E-state index contributed by atoms with van der Waals surface area (Å²) in [6.07, 6.45) is 0. The van der Waals surface area contributed by atoms with Crippen molar-refractivity contribution < 1.29 is 0 Å². The molecule has 0 saturated heterocycles. The van der Waals surface area contributed by atoms with Crippen molar-refractivity contribution in [2.45, 2.75) is 76.2 Å². The van der Waals surface area contributed by atoms with Crippen molar-refractivity contribution >= 4 is 107 Å². The molecule has 0 bridgehead atoms. The molecule has 0 atom stereocenters. The van der Waals surface area contributed by atoms with Crippen LogP contribution in [0.2, 0.25) is 0 Å². The predicted molar refractivity (Wildman–Crippen MR) is 406 cm³/mol. The van der Waals surface area contributed by atoms with E-state index < -0.39 is 0 Å². The van der Waals surface area contributed by atoms with Gasteiger partial charge in [-0.2, -0.15) is 0 Å². The van der Waals surface area contributed by atoms with Crippen LogP contribution in [0.25, 0.3) is 99.5 Å². The standard InChI is InChI=1S/C89H73B2N3/c1-52-46-79-89-80(47-52)91(88-61(10)57(6)54(3)58(7)62(88)11)78-51-70(66-36-32-64(33-37-66)68-39-43-84-76(49-68)74-27-19-21-29-82(74)93(84)72-24-16-13-17-25-72)41-45-86(78)94(89)85-44-40-69(50-77(85)90(79)87-59(8)55(4)53(2)56(5)60(87)9)65-34-30-63(31-35-65)67-38-42-83-75(48-67)73-26-18-20-28-81(73)92(83)71-22-14-12-15-23-71/h12-51H,1-11H3. The molecule has 0 amide bonds. The Morgan fingerprint density at radius 3 is 0.904 bits per heavy atom. The second kappa shape index (κ2) is 21.8. The molecule has 2 aliphatic rings. The maximum Gasteiger partial charge on any atom is 0.247 e. The maximum absolute atomic E-state index is 2.68. The van der Waals surface area contributed by atoms with Crippen LogP contribution in [-0.2, 0) is 0 Å². The molecule has 2 aliphatic heterocycles. The summed E-state index contributed by atoms with van der Waals surface area (Å²) in [5, 5.41) is 5.03. The third kappa shape index (κ3) is 8.59. The van der Waals surface area contributed by atoms with Crippen LogP contribution in [0.5, 0.6) is 0 Å². The van der Waals surface area contributed by atoms with E-state index in [9.17, 15) is 0 Å². The molecule has 0 spiro atoms. The van der Waals surface area contributed by atoms with Crippen LogP contribution < -0.4 is 37.7 Å². The Balaban J connectivity index is 0.819. The van der Waals surface area contributed by atoms with Crippen LogP contribution >= 0.6 is 0 Å². The Hall–Kier alpha value is -10.6. The number of nitrogens with zero attached hydrogens (tertiary/aromatic N) is 3. The van der Waals surface area contributed by atoms with Crippen molar-refractivity contribution in [3.63, 3.8) is 0 Å². The van der Waals surface area contributed by atoms with Crippen LogP contribution in [0.3, 0.4) is 0 Å². The number of aromatic nitrogens is 2.